The lowest BCUT2D eigenvalue weighted by molar-refractivity contribution is -0.137. The minimum absolute atomic E-state index is 0.0965. The van der Waals surface area contributed by atoms with Crippen LogP contribution in [0.5, 0.6) is 0 Å². The Bertz CT molecular complexity index is 1140. The summed E-state index contributed by atoms with van der Waals surface area (Å²) in [4.78, 5) is 11.7. The molecule has 0 aliphatic carbocycles. The summed E-state index contributed by atoms with van der Waals surface area (Å²) in [7, 11) is -8.26. The Kier molecular flexibility index (Phi) is 6.05. The van der Waals surface area contributed by atoms with Crippen LogP contribution in [-0.2, 0) is 26.2 Å². The van der Waals surface area contributed by atoms with E-state index >= 15 is 0 Å². The van der Waals surface area contributed by atoms with E-state index in [-0.39, 0.29) is 19.7 Å². The van der Waals surface area contributed by atoms with Crippen LogP contribution >= 0.6 is 22.9 Å². The number of rotatable bonds is 5. The van der Waals surface area contributed by atoms with Crippen molar-refractivity contribution >= 4 is 54.6 Å². The first-order chi connectivity index (χ1) is 12.6. The number of hydrogen-bond donors (Lipinski definition) is 2. The second-order valence-electron chi connectivity index (χ2n) is 5.58. The van der Waals surface area contributed by atoms with Crippen LogP contribution in [0, 0.1) is 6.92 Å². The first-order valence-electron chi connectivity index (χ1n) is 7.12. The predicted octanol–water partition coefficient (Wildman–Crippen LogP) is 3.22. The van der Waals surface area contributed by atoms with Gasteiger partial charge in [-0.1, -0.05) is 11.6 Å². The van der Waals surface area contributed by atoms with Crippen molar-refractivity contribution in [3.63, 3.8) is 0 Å². The minimum atomic E-state index is -4.71. The maximum Gasteiger partial charge on any atom is 0.416 e. The van der Waals surface area contributed by atoms with Gasteiger partial charge < -0.3 is 0 Å². The number of nitrogens with one attached hydrogen (secondary N) is 2. The quantitative estimate of drug-likeness (QED) is 0.688. The molecule has 1 aromatic carbocycles. The van der Waals surface area contributed by atoms with Crippen LogP contribution in [0.1, 0.15) is 20.8 Å². The smallest absolute Gasteiger partial charge is 0.277 e. The van der Waals surface area contributed by atoms with Crippen molar-refractivity contribution in [2.75, 3.05) is 11.0 Å². The van der Waals surface area contributed by atoms with Crippen LogP contribution in [0.15, 0.2) is 28.5 Å². The van der Waals surface area contributed by atoms with Gasteiger partial charge in [0.2, 0.25) is 10.0 Å². The molecule has 28 heavy (non-hydrogen) atoms. The van der Waals surface area contributed by atoms with Gasteiger partial charge in [-0.05, 0) is 36.8 Å². The lowest BCUT2D eigenvalue weighted by atomic mass is 10.2. The van der Waals surface area contributed by atoms with E-state index < -0.39 is 43.4 Å². The fourth-order valence-electron chi connectivity index (χ4n) is 2.03. The van der Waals surface area contributed by atoms with Gasteiger partial charge in [0.15, 0.2) is 0 Å². The second-order valence-corrected chi connectivity index (χ2v) is 10.7. The van der Waals surface area contributed by atoms with Crippen LogP contribution in [0.3, 0.4) is 0 Å². The molecule has 0 atom stereocenters. The molecule has 0 aliphatic rings. The number of anilines is 1. The third-order valence-corrected chi connectivity index (χ3v) is 7.28. The summed E-state index contributed by atoms with van der Waals surface area (Å²) >= 11 is 6.24. The summed E-state index contributed by atoms with van der Waals surface area (Å²) in [5.74, 6) is -1.03. The molecule has 2 N–H and O–H groups in total. The number of thiophene rings is 1. The summed E-state index contributed by atoms with van der Waals surface area (Å²) in [6.07, 6.45) is -3.96. The van der Waals surface area contributed by atoms with Crippen molar-refractivity contribution in [1.82, 2.24) is 4.72 Å². The van der Waals surface area contributed by atoms with Gasteiger partial charge in [-0.2, -0.15) is 13.2 Å². The number of carbonyl (C=O) groups is 1. The zero-order valence-electron chi connectivity index (χ0n) is 14.1. The van der Waals surface area contributed by atoms with Crippen LogP contribution in [0.2, 0.25) is 5.02 Å². The Morgan fingerprint density at radius 1 is 1.14 bits per heavy atom. The Morgan fingerprint density at radius 2 is 1.75 bits per heavy atom. The van der Waals surface area contributed by atoms with E-state index in [0.29, 0.717) is 23.5 Å². The summed E-state index contributed by atoms with van der Waals surface area (Å²) in [5, 5.41) is -0.263. The second kappa shape index (κ2) is 7.54. The summed E-state index contributed by atoms with van der Waals surface area (Å²) < 4.78 is 89.2. The minimum Gasteiger partial charge on any atom is -0.277 e. The van der Waals surface area contributed by atoms with Gasteiger partial charge in [0, 0.05) is 0 Å². The van der Waals surface area contributed by atoms with Crippen LogP contribution in [0.25, 0.3) is 0 Å². The van der Waals surface area contributed by atoms with E-state index in [4.69, 9.17) is 11.6 Å². The molecule has 1 amide bonds. The molecule has 0 saturated carbocycles. The zero-order valence-corrected chi connectivity index (χ0v) is 17.3. The maximum absolute atomic E-state index is 12.8. The SMILES string of the molecule is Cc1cc(C(=O)NS(C)(=O)=O)sc1S(=O)(=O)Nc1cc(C(F)(F)F)ccc1Cl. The normalized spacial score (nSPS) is 12.6. The van der Waals surface area contributed by atoms with Gasteiger partial charge in [-0.3, -0.25) is 9.52 Å². The molecule has 154 valence electrons. The van der Waals surface area contributed by atoms with E-state index in [9.17, 15) is 34.8 Å². The van der Waals surface area contributed by atoms with Crippen molar-refractivity contribution in [2.24, 2.45) is 0 Å². The molecule has 0 spiro atoms. The molecule has 2 aromatic rings. The average Bonchev–Trinajstić information content (AvgIpc) is 2.89. The Labute approximate surface area is 167 Å². The Morgan fingerprint density at radius 3 is 2.29 bits per heavy atom. The van der Waals surface area contributed by atoms with Gasteiger partial charge in [0.05, 0.1) is 27.4 Å². The summed E-state index contributed by atoms with van der Waals surface area (Å²) in [6, 6.07) is 3.28. The van der Waals surface area contributed by atoms with Crippen LogP contribution in [-0.4, -0.2) is 29.0 Å². The zero-order chi connectivity index (χ0) is 21.5. The van der Waals surface area contributed by atoms with Gasteiger partial charge in [-0.15, -0.1) is 11.3 Å². The molecule has 2 rings (SSSR count). The standard InChI is InChI=1S/C14H12ClF3N2O5S3/c1-7-5-11(12(21)20-27(2,22)23)26-13(7)28(24,25)19-10-6-8(14(16,17)18)3-4-9(10)15/h3-6,19H,1-2H3,(H,20,21). The molecule has 1 aromatic heterocycles. The van der Waals surface area contributed by atoms with Crippen molar-refractivity contribution < 1.29 is 34.8 Å². The molecule has 0 unspecified atom stereocenters. The van der Waals surface area contributed by atoms with Crippen molar-refractivity contribution in [3.8, 4) is 0 Å². The number of benzene rings is 1. The van der Waals surface area contributed by atoms with Gasteiger partial charge in [0.25, 0.3) is 15.9 Å². The molecular weight excluding hydrogens is 465 g/mol. The largest absolute Gasteiger partial charge is 0.416 e. The van der Waals surface area contributed by atoms with Crippen LogP contribution in [0.4, 0.5) is 18.9 Å². The first-order valence-corrected chi connectivity index (χ1v) is 11.7. The van der Waals surface area contributed by atoms with E-state index in [1.165, 1.54) is 6.92 Å². The molecule has 0 bridgehead atoms. The lowest BCUT2D eigenvalue weighted by Crippen LogP contribution is -2.28. The first kappa shape index (κ1) is 22.5. The lowest BCUT2D eigenvalue weighted by Gasteiger charge is -2.12. The number of sulfonamides is 2. The van der Waals surface area contributed by atoms with Crippen molar-refractivity contribution in [3.05, 3.63) is 45.3 Å². The molecule has 1 heterocycles. The highest BCUT2D eigenvalue weighted by atomic mass is 35.5. The summed E-state index contributed by atoms with van der Waals surface area (Å²) in [6.45, 7) is 1.34. The maximum atomic E-state index is 12.8. The molecular formula is C14H12ClF3N2O5S3. The monoisotopic (exact) mass is 476 g/mol. The number of aryl methyl sites for hydroxylation is 1. The number of halogens is 4. The third-order valence-electron chi connectivity index (χ3n) is 3.16. The van der Waals surface area contributed by atoms with Gasteiger partial charge in [0.1, 0.15) is 4.21 Å². The molecule has 0 saturated heterocycles. The van der Waals surface area contributed by atoms with Gasteiger partial charge in [-0.25, -0.2) is 21.6 Å². The number of hydrogen-bond acceptors (Lipinski definition) is 6. The topological polar surface area (TPSA) is 109 Å². The molecule has 0 aliphatic heterocycles. The predicted molar refractivity (Wildman–Crippen MR) is 98.6 cm³/mol. The number of alkyl halides is 3. The highest BCUT2D eigenvalue weighted by molar-refractivity contribution is 7.94. The molecule has 7 nitrogen and oxygen atoms in total. The molecule has 0 fully saturated rings. The number of carbonyl (C=O) groups excluding carboxylic acids is 1. The molecule has 14 heteroatoms. The highest BCUT2D eigenvalue weighted by Gasteiger charge is 2.32. The number of amides is 1. The Balaban J connectivity index is 2.40. The van der Waals surface area contributed by atoms with Crippen molar-refractivity contribution in [1.29, 1.82) is 0 Å². The Hall–Kier alpha value is -1.83. The fraction of sp³-hybridized carbons (Fsp3) is 0.214. The molecule has 0 radical (unpaired) electrons. The van der Waals surface area contributed by atoms with E-state index in [1.54, 1.807) is 4.72 Å². The summed E-state index contributed by atoms with van der Waals surface area (Å²) in [5.41, 5.74) is -1.50. The average molecular weight is 477 g/mol. The van der Waals surface area contributed by atoms with Crippen LogP contribution < -0.4 is 9.44 Å². The van der Waals surface area contributed by atoms with E-state index in [1.807, 2.05) is 4.72 Å². The fourth-order valence-corrected chi connectivity index (χ4v) is 5.43. The highest BCUT2D eigenvalue weighted by Crippen LogP contribution is 2.35. The van der Waals surface area contributed by atoms with Gasteiger partial charge >= 0.3 is 6.18 Å². The van der Waals surface area contributed by atoms with E-state index in [2.05, 4.69) is 0 Å². The van der Waals surface area contributed by atoms with Crippen molar-refractivity contribution in [2.45, 2.75) is 17.3 Å². The third kappa shape index (κ3) is 5.37. The van der Waals surface area contributed by atoms with E-state index in [0.717, 1.165) is 18.4 Å².